The number of pyridine rings is 1. The van der Waals surface area contributed by atoms with Crippen molar-refractivity contribution in [2.45, 2.75) is 0 Å². The molecule has 0 unspecified atom stereocenters. The highest BCUT2D eigenvalue weighted by Crippen LogP contribution is 2.41. The number of hydrogen-bond donors (Lipinski definition) is 0. The van der Waals surface area contributed by atoms with Crippen LogP contribution in [0.3, 0.4) is 0 Å². The summed E-state index contributed by atoms with van der Waals surface area (Å²) in [6.45, 7) is 0. The zero-order valence-electron chi connectivity index (χ0n) is 20.9. The Morgan fingerprint density at radius 3 is 2.13 bits per heavy atom. The van der Waals surface area contributed by atoms with Gasteiger partial charge >= 0.3 is 0 Å². The second-order valence-corrected chi connectivity index (χ2v) is 9.62. The average Bonchev–Trinajstić information content (AvgIpc) is 3.39. The number of aromatic nitrogens is 3. The molecule has 0 aliphatic heterocycles. The predicted octanol–water partition coefficient (Wildman–Crippen LogP) is 9.08. The van der Waals surface area contributed by atoms with E-state index in [0.29, 0.717) is 5.82 Å². The number of para-hydroxylation sites is 3. The maximum Gasteiger partial charge on any atom is 0.160 e. The van der Waals surface area contributed by atoms with Gasteiger partial charge in [-0.1, -0.05) is 97.1 Å². The van der Waals surface area contributed by atoms with Crippen LogP contribution in [0, 0.1) is 0 Å². The first-order valence-corrected chi connectivity index (χ1v) is 13.0. The predicted molar refractivity (Wildman–Crippen MR) is 158 cm³/mol. The molecule has 0 fully saturated rings. The minimum atomic E-state index is 0.701. The van der Waals surface area contributed by atoms with E-state index in [-0.39, 0.29) is 0 Å². The van der Waals surface area contributed by atoms with Gasteiger partial charge in [0, 0.05) is 38.9 Å². The fraction of sp³-hybridized carbons (Fsp3) is 0. The van der Waals surface area contributed by atoms with Crippen LogP contribution in [0.2, 0.25) is 0 Å². The zero-order valence-corrected chi connectivity index (χ0v) is 20.9. The summed E-state index contributed by atoms with van der Waals surface area (Å²) in [6, 6.07) is 41.2. The third-order valence-electron chi connectivity index (χ3n) is 7.35. The van der Waals surface area contributed by atoms with Gasteiger partial charge in [0.1, 0.15) is 11.2 Å². The number of nitrogens with zero attached hydrogens (tertiary/aromatic N) is 3. The van der Waals surface area contributed by atoms with Gasteiger partial charge < -0.3 is 4.42 Å². The van der Waals surface area contributed by atoms with Crippen LogP contribution in [0.5, 0.6) is 0 Å². The molecule has 0 N–H and O–H groups in total. The van der Waals surface area contributed by atoms with Crippen molar-refractivity contribution in [2.24, 2.45) is 0 Å². The van der Waals surface area contributed by atoms with Gasteiger partial charge in [0.15, 0.2) is 5.82 Å². The quantitative estimate of drug-likeness (QED) is 0.243. The molecule has 0 saturated carbocycles. The van der Waals surface area contributed by atoms with E-state index in [1.54, 1.807) is 0 Å². The molecule has 182 valence electrons. The Labute approximate surface area is 224 Å². The van der Waals surface area contributed by atoms with Crippen molar-refractivity contribution in [1.29, 1.82) is 0 Å². The summed E-state index contributed by atoms with van der Waals surface area (Å²) in [5.74, 6) is 0.701. The molecule has 3 aromatic heterocycles. The average molecular weight is 500 g/mol. The van der Waals surface area contributed by atoms with Crippen molar-refractivity contribution in [3.63, 3.8) is 0 Å². The number of fused-ring (bicyclic) bond motifs is 5. The maximum absolute atomic E-state index is 6.19. The number of benzene rings is 5. The van der Waals surface area contributed by atoms with Crippen molar-refractivity contribution in [1.82, 2.24) is 15.0 Å². The summed E-state index contributed by atoms with van der Waals surface area (Å²) in [4.78, 5) is 14.9. The molecular weight excluding hydrogens is 478 g/mol. The van der Waals surface area contributed by atoms with Crippen molar-refractivity contribution in [2.75, 3.05) is 0 Å². The summed E-state index contributed by atoms with van der Waals surface area (Å²) in [6.07, 6.45) is 1.89. The molecule has 0 radical (unpaired) electrons. The van der Waals surface area contributed by atoms with E-state index in [2.05, 4.69) is 54.6 Å². The standard InChI is InChI=1S/C35H21N3O/c1-2-10-22(11-3-1)35-37-29-17-6-4-12-26(29)34(38-35)28-16-8-15-25-23(20-21-36-33(25)28)24-14-9-19-31-32(24)27-13-5-7-18-30(27)39-31/h1-21H. The molecule has 4 nitrogen and oxygen atoms in total. The summed E-state index contributed by atoms with van der Waals surface area (Å²) in [5.41, 5.74) is 8.66. The lowest BCUT2D eigenvalue weighted by Crippen LogP contribution is -1.96. The normalized spacial score (nSPS) is 11.6. The van der Waals surface area contributed by atoms with Gasteiger partial charge in [0.2, 0.25) is 0 Å². The highest BCUT2D eigenvalue weighted by molar-refractivity contribution is 6.16. The van der Waals surface area contributed by atoms with E-state index in [1.165, 1.54) is 0 Å². The molecule has 5 aromatic carbocycles. The largest absolute Gasteiger partial charge is 0.456 e. The summed E-state index contributed by atoms with van der Waals surface area (Å²) < 4.78 is 6.19. The Hall–Kier alpha value is -5.35. The Balaban J connectivity index is 1.42. The number of rotatable bonds is 3. The molecule has 0 aliphatic rings. The molecule has 0 atom stereocenters. The highest BCUT2D eigenvalue weighted by Gasteiger charge is 2.18. The van der Waals surface area contributed by atoms with Crippen molar-refractivity contribution < 1.29 is 4.42 Å². The Morgan fingerprint density at radius 1 is 0.487 bits per heavy atom. The third kappa shape index (κ3) is 3.42. The van der Waals surface area contributed by atoms with Crippen LogP contribution >= 0.6 is 0 Å². The second kappa shape index (κ2) is 8.61. The van der Waals surface area contributed by atoms with Crippen molar-refractivity contribution >= 4 is 43.7 Å². The van der Waals surface area contributed by atoms with E-state index in [9.17, 15) is 0 Å². The summed E-state index contributed by atoms with van der Waals surface area (Å²) in [7, 11) is 0. The van der Waals surface area contributed by atoms with Gasteiger partial charge in [-0.3, -0.25) is 4.98 Å². The highest BCUT2D eigenvalue weighted by atomic mass is 16.3. The monoisotopic (exact) mass is 499 g/mol. The molecule has 0 saturated heterocycles. The van der Waals surface area contributed by atoms with E-state index >= 15 is 0 Å². The summed E-state index contributed by atoms with van der Waals surface area (Å²) in [5, 5.41) is 4.29. The van der Waals surface area contributed by atoms with Gasteiger partial charge in [-0.2, -0.15) is 0 Å². The van der Waals surface area contributed by atoms with Crippen molar-refractivity contribution in [3.05, 3.63) is 128 Å². The van der Waals surface area contributed by atoms with Crippen LogP contribution in [0.25, 0.3) is 77.5 Å². The lowest BCUT2D eigenvalue weighted by atomic mass is 9.94. The molecule has 8 rings (SSSR count). The maximum atomic E-state index is 6.19. The second-order valence-electron chi connectivity index (χ2n) is 9.62. The van der Waals surface area contributed by atoms with Gasteiger partial charge in [-0.05, 0) is 35.4 Å². The van der Waals surface area contributed by atoms with Crippen LogP contribution in [-0.2, 0) is 0 Å². The first-order valence-electron chi connectivity index (χ1n) is 13.0. The molecular formula is C35H21N3O. The molecule has 8 aromatic rings. The molecule has 4 heteroatoms. The molecule has 0 bridgehead atoms. The SMILES string of the molecule is c1ccc(-c2nc(-c3cccc4c(-c5cccc6oc7ccccc7c56)ccnc34)c3ccccc3n2)cc1. The molecule has 0 spiro atoms. The van der Waals surface area contributed by atoms with E-state index in [4.69, 9.17) is 19.4 Å². The van der Waals surface area contributed by atoms with Gasteiger partial charge in [-0.25, -0.2) is 9.97 Å². The topological polar surface area (TPSA) is 51.8 Å². The molecule has 0 aliphatic carbocycles. The van der Waals surface area contributed by atoms with Crippen LogP contribution in [-0.4, -0.2) is 15.0 Å². The third-order valence-corrected chi connectivity index (χ3v) is 7.35. The van der Waals surface area contributed by atoms with E-state index in [0.717, 1.165) is 71.7 Å². The lowest BCUT2D eigenvalue weighted by molar-refractivity contribution is 0.669. The van der Waals surface area contributed by atoms with E-state index in [1.807, 2.05) is 72.9 Å². The van der Waals surface area contributed by atoms with Gasteiger partial charge in [0.05, 0.1) is 16.7 Å². The zero-order chi connectivity index (χ0) is 25.8. The lowest BCUT2D eigenvalue weighted by Gasteiger charge is -2.13. The van der Waals surface area contributed by atoms with E-state index < -0.39 is 0 Å². The van der Waals surface area contributed by atoms with Gasteiger partial charge in [0.25, 0.3) is 0 Å². The van der Waals surface area contributed by atoms with Gasteiger partial charge in [-0.15, -0.1) is 0 Å². The fourth-order valence-corrected chi connectivity index (χ4v) is 5.60. The Kier molecular flexibility index (Phi) is 4.79. The smallest absolute Gasteiger partial charge is 0.160 e. The Morgan fingerprint density at radius 2 is 1.21 bits per heavy atom. The van der Waals surface area contributed by atoms with Crippen LogP contribution in [0.15, 0.2) is 132 Å². The van der Waals surface area contributed by atoms with Crippen LogP contribution in [0.4, 0.5) is 0 Å². The Bertz CT molecular complexity index is 2180. The van der Waals surface area contributed by atoms with Crippen LogP contribution in [0.1, 0.15) is 0 Å². The summed E-state index contributed by atoms with van der Waals surface area (Å²) >= 11 is 0. The number of furan rings is 1. The molecule has 39 heavy (non-hydrogen) atoms. The van der Waals surface area contributed by atoms with Crippen LogP contribution < -0.4 is 0 Å². The molecule has 3 heterocycles. The number of hydrogen-bond acceptors (Lipinski definition) is 4. The minimum Gasteiger partial charge on any atom is -0.456 e. The molecule has 0 amide bonds. The first kappa shape index (κ1) is 21.7. The minimum absolute atomic E-state index is 0.701. The first-order chi connectivity index (χ1) is 19.3. The van der Waals surface area contributed by atoms with Crippen molar-refractivity contribution in [3.8, 4) is 33.8 Å². The fourth-order valence-electron chi connectivity index (χ4n) is 5.60.